The number of hydrogen-bond acceptors (Lipinski definition) is 3. The van der Waals surface area contributed by atoms with Crippen LogP contribution in [0, 0.1) is 0 Å². The van der Waals surface area contributed by atoms with E-state index in [9.17, 15) is 5.11 Å². The monoisotopic (exact) mass is 254 g/mol. The number of aromatic nitrogens is 2. The number of hydrogen-bond donors (Lipinski definition) is 1. The molecule has 0 atom stereocenters. The third-order valence-electron chi connectivity index (χ3n) is 1.98. The van der Waals surface area contributed by atoms with Crippen LogP contribution < -0.4 is 0 Å². The molecule has 3 nitrogen and oxygen atoms in total. The third-order valence-corrected chi connectivity index (χ3v) is 2.49. The molecule has 0 saturated heterocycles. The van der Waals surface area contributed by atoms with Gasteiger partial charge in [-0.2, -0.15) is 0 Å². The van der Waals surface area contributed by atoms with Crippen LogP contribution in [-0.2, 0) is 5.88 Å². The standard InChI is InChI=1S/C11H8Cl2N2O/c12-6-8-4-9(16)5-11(15-8)10-3-7(13)1-2-14-10/h1-5H,6H2,(H,15,16). The van der Waals surface area contributed by atoms with Gasteiger partial charge >= 0.3 is 0 Å². The van der Waals surface area contributed by atoms with Crippen LogP contribution in [0.1, 0.15) is 5.69 Å². The predicted molar refractivity (Wildman–Crippen MR) is 63.7 cm³/mol. The highest BCUT2D eigenvalue weighted by atomic mass is 35.5. The largest absolute Gasteiger partial charge is 0.508 e. The second-order valence-electron chi connectivity index (χ2n) is 3.19. The number of halogens is 2. The second kappa shape index (κ2) is 4.68. The maximum absolute atomic E-state index is 9.50. The average Bonchev–Trinajstić information content (AvgIpc) is 2.28. The Hall–Kier alpha value is -1.32. The van der Waals surface area contributed by atoms with Gasteiger partial charge in [0.05, 0.1) is 23.0 Å². The van der Waals surface area contributed by atoms with Crippen molar-refractivity contribution in [3.05, 3.63) is 41.2 Å². The molecule has 16 heavy (non-hydrogen) atoms. The summed E-state index contributed by atoms with van der Waals surface area (Å²) >= 11 is 11.5. The van der Waals surface area contributed by atoms with E-state index < -0.39 is 0 Å². The van der Waals surface area contributed by atoms with Crippen LogP contribution in [0.3, 0.4) is 0 Å². The number of alkyl halides is 1. The van der Waals surface area contributed by atoms with E-state index in [-0.39, 0.29) is 11.6 Å². The Bertz CT molecular complexity index is 517. The molecule has 0 bridgehead atoms. The zero-order chi connectivity index (χ0) is 11.5. The van der Waals surface area contributed by atoms with E-state index in [1.807, 2.05) is 0 Å². The molecule has 82 valence electrons. The van der Waals surface area contributed by atoms with E-state index in [0.29, 0.717) is 22.1 Å². The minimum atomic E-state index is 0.113. The number of rotatable bonds is 2. The van der Waals surface area contributed by atoms with Crippen molar-refractivity contribution >= 4 is 23.2 Å². The van der Waals surface area contributed by atoms with Gasteiger partial charge in [-0.15, -0.1) is 11.6 Å². The summed E-state index contributed by atoms with van der Waals surface area (Å²) in [5, 5.41) is 10.1. The molecule has 2 rings (SSSR count). The fourth-order valence-corrected chi connectivity index (χ4v) is 1.61. The summed E-state index contributed by atoms with van der Waals surface area (Å²) in [5.74, 6) is 0.351. The van der Waals surface area contributed by atoms with Gasteiger partial charge in [0.15, 0.2) is 0 Å². The molecule has 2 aromatic rings. The molecule has 2 aromatic heterocycles. The van der Waals surface area contributed by atoms with Gasteiger partial charge in [0.2, 0.25) is 0 Å². The van der Waals surface area contributed by atoms with Gasteiger partial charge in [0, 0.05) is 23.4 Å². The van der Waals surface area contributed by atoms with Crippen molar-refractivity contribution in [3.8, 4) is 17.1 Å². The van der Waals surface area contributed by atoms with Crippen LogP contribution in [0.4, 0.5) is 0 Å². The van der Waals surface area contributed by atoms with Gasteiger partial charge < -0.3 is 5.11 Å². The van der Waals surface area contributed by atoms with Gasteiger partial charge in [-0.25, -0.2) is 4.98 Å². The first kappa shape index (κ1) is 11.2. The Morgan fingerprint density at radius 3 is 2.69 bits per heavy atom. The SMILES string of the molecule is Oc1cc(CCl)nc(-c2cc(Cl)ccn2)c1. The van der Waals surface area contributed by atoms with Crippen LogP contribution in [0.5, 0.6) is 5.75 Å². The van der Waals surface area contributed by atoms with Crippen LogP contribution >= 0.6 is 23.2 Å². The lowest BCUT2D eigenvalue weighted by atomic mass is 10.2. The van der Waals surface area contributed by atoms with E-state index in [1.165, 1.54) is 12.1 Å². The Morgan fingerprint density at radius 2 is 2.00 bits per heavy atom. The Labute approximate surface area is 103 Å². The molecule has 2 heterocycles. The second-order valence-corrected chi connectivity index (χ2v) is 3.90. The van der Waals surface area contributed by atoms with Crippen LogP contribution in [0.2, 0.25) is 5.02 Å². The van der Waals surface area contributed by atoms with Crippen molar-refractivity contribution in [2.45, 2.75) is 5.88 Å². The fraction of sp³-hybridized carbons (Fsp3) is 0.0909. The van der Waals surface area contributed by atoms with Crippen molar-refractivity contribution in [2.75, 3.05) is 0 Å². The number of pyridine rings is 2. The molecule has 0 spiro atoms. The van der Waals surface area contributed by atoms with Gasteiger partial charge in [-0.05, 0) is 12.1 Å². The highest BCUT2D eigenvalue weighted by Crippen LogP contribution is 2.23. The van der Waals surface area contributed by atoms with E-state index in [4.69, 9.17) is 23.2 Å². The van der Waals surface area contributed by atoms with Gasteiger partial charge in [0.1, 0.15) is 5.75 Å². The van der Waals surface area contributed by atoms with Gasteiger partial charge in [-0.1, -0.05) is 11.6 Å². The molecule has 0 unspecified atom stereocenters. The predicted octanol–water partition coefficient (Wildman–Crippen LogP) is 3.24. The molecular weight excluding hydrogens is 247 g/mol. The summed E-state index contributed by atoms with van der Waals surface area (Å²) in [7, 11) is 0. The smallest absolute Gasteiger partial charge is 0.119 e. The average molecular weight is 255 g/mol. The molecule has 0 saturated carbocycles. The zero-order valence-electron chi connectivity index (χ0n) is 8.19. The van der Waals surface area contributed by atoms with Crippen molar-refractivity contribution < 1.29 is 5.11 Å². The number of nitrogens with zero attached hydrogens (tertiary/aromatic N) is 2. The quantitative estimate of drug-likeness (QED) is 0.838. The fourth-order valence-electron chi connectivity index (χ4n) is 1.32. The molecule has 5 heteroatoms. The van der Waals surface area contributed by atoms with Crippen LogP contribution in [0.25, 0.3) is 11.4 Å². The molecular formula is C11H8Cl2N2O. The van der Waals surface area contributed by atoms with Gasteiger partial charge in [0.25, 0.3) is 0 Å². The summed E-state index contributed by atoms with van der Waals surface area (Å²) in [6.07, 6.45) is 1.59. The van der Waals surface area contributed by atoms with Crippen LogP contribution in [0.15, 0.2) is 30.5 Å². The van der Waals surface area contributed by atoms with Crippen molar-refractivity contribution in [2.24, 2.45) is 0 Å². The first-order valence-electron chi connectivity index (χ1n) is 4.57. The first-order valence-corrected chi connectivity index (χ1v) is 5.48. The molecule has 0 radical (unpaired) electrons. The van der Waals surface area contributed by atoms with Gasteiger partial charge in [-0.3, -0.25) is 4.98 Å². The lowest BCUT2D eigenvalue weighted by Gasteiger charge is -2.03. The van der Waals surface area contributed by atoms with Crippen LogP contribution in [-0.4, -0.2) is 15.1 Å². The molecule has 0 amide bonds. The van der Waals surface area contributed by atoms with E-state index in [2.05, 4.69) is 9.97 Å². The maximum atomic E-state index is 9.50. The Balaban J connectivity index is 2.51. The van der Waals surface area contributed by atoms with Crippen molar-refractivity contribution in [1.29, 1.82) is 0 Å². The molecule has 0 aliphatic heterocycles. The minimum absolute atomic E-state index is 0.113. The summed E-state index contributed by atoms with van der Waals surface area (Å²) in [6.45, 7) is 0. The molecule has 1 N–H and O–H groups in total. The summed E-state index contributed by atoms with van der Waals surface area (Å²) in [4.78, 5) is 8.38. The van der Waals surface area contributed by atoms with E-state index in [1.54, 1.807) is 18.3 Å². The Kier molecular flexibility index (Phi) is 3.27. The Morgan fingerprint density at radius 1 is 1.19 bits per heavy atom. The van der Waals surface area contributed by atoms with Crippen molar-refractivity contribution in [1.82, 2.24) is 9.97 Å². The third kappa shape index (κ3) is 2.43. The molecule has 0 fully saturated rings. The first-order chi connectivity index (χ1) is 7.69. The lowest BCUT2D eigenvalue weighted by molar-refractivity contribution is 0.474. The summed E-state index contributed by atoms with van der Waals surface area (Å²) in [5.41, 5.74) is 1.76. The lowest BCUT2D eigenvalue weighted by Crippen LogP contribution is -1.91. The van der Waals surface area contributed by atoms with E-state index >= 15 is 0 Å². The highest BCUT2D eigenvalue weighted by molar-refractivity contribution is 6.30. The highest BCUT2D eigenvalue weighted by Gasteiger charge is 2.05. The summed E-state index contributed by atoms with van der Waals surface area (Å²) in [6, 6.07) is 6.40. The molecule has 0 aliphatic rings. The normalized spacial score (nSPS) is 10.4. The maximum Gasteiger partial charge on any atom is 0.119 e. The summed E-state index contributed by atoms with van der Waals surface area (Å²) < 4.78 is 0. The topological polar surface area (TPSA) is 46.0 Å². The number of aromatic hydroxyl groups is 1. The minimum Gasteiger partial charge on any atom is -0.508 e. The van der Waals surface area contributed by atoms with E-state index in [0.717, 1.165) is 0 Å². The molecule has 0 aromatic carbocycles. The molecule has 0 aliphatic carbocycles. The van der Waals surface area contributed by atoms with Crippen molar-refractivity contribution in [3.63, 3.8) is 0 Å². The zero-order valence-corrected chi connectivity index (χ0v) is 9.70.